The Kier molecular flexibility index (Phi) is 4.17. The van der Waals surface area contributed by atoms with E-state index >= 15 is 0 Å². The molecule has 0 atom stereocenters. The van der Waals surface area contributed by atoms with Crippen LogP contribution in [0.15, 0.2) is 30.3 Å². The molecule has 104 valence electrons. The minimum absolute atomic E-state index is 0.102. The first-order valence-electron chi connectivity index (χ1n) is 6.04. The van der Waals surface area contributed by atoms with Crippen molar-refractivity contribution in [1.82, 2.24) is 4.98 Å². The van der Waals surface area contributed by atoms with Crippen LogP contribution in [0.2, 0.25) is 0 Å². The summed E-state index contributed by atoms with van der Waals surface area (Å²) >= 11 is 0. The fourth-order valence-electron chi connectivity index (χ4n) is 1.82. The van der Waals surface area contributed by atoms with Crippen molar-refractivity contribution in [2.75, 3.05) is 17.6 Å². The molecule has 20 heavy (non-hydrogen) atoms. The van der Waals surface area contributed by atoms with Gasteiger partial charge in [0.15, 0.2) is 0 Å². The molecule has 2 rings (SSSR count). The van der Waals surface area contributed by atoms with Crippen LogP contribution >= 0.6 is 0 Å². The second-order valence-corrected chi connectivity index (χ2v) is 6.07. The fourth-order valence-corrected chi connectivity index (χ4v) is 2.36. The number of fused-ring (bicyclic) bond motifs is 1. The van der Waals surface area contributed by atoms with Gasteiger partial charge >= 0.3 is 0 Å². The normalized spacial score (nSPS) is 11.2. The van der Waals surface area contributed by atoms with Crippen LogP contribution in [0.4, 0.5) is 5.82 Å². The van der Waals surface area contributed by atoms with Crippen LogP contribution < -0.4 is 10.5 Å². The van der Waals surface area contributed by atoms with Gasteiger partial charge in [0.25, 0.3) is 0 Å². The molecule has 1 heterocycles. The number of benzene rings is 1. The first-order chi connectivity index (χ1) is 9.49. The molecule has 0 aliphatic heterocycles. The smallest absolute Gasteiger partial charge is 0.209 e. The van der Waals surface area contributed by atoms with Crippen LogP contribution in [-0.2, 0) is 10.0 Å². The number of nitrogens with one attached hydrogen (secondary N) is 1. The van der Waals surface area contributed by atoms with E-state index in [1.807, 2.05) is 24.3 Å². The van der Waals surface area contributed by atoms with Gasteiger partial charge in [-0.1, -0.05) is 18.2 Å². The van der Waals surface area contributed by atoms with Crippen molar-refractivity contribution in [2.45, 2.75) is 6.42 Å². The minimum Gasteiger partial charge on any atom is -0.369 e. The molecular weight excluding hydrogens is 276 g/mol. The second-order valence-electron chi connectivity index (χ2n) is 4.34. The maximum absolute atomic E-state index is 10.8. The monoisotopic (exact) mass is 290 g/mol. The standard InChI is InChI=1S/C13H14N4O2S/c14-9-11-8-10-4-1-2-5-12(10)17-13(11)16-6-3-7-20(15,18)19/h1-2,4-5,8H,3,6-7H2,(H,16,17)(H2,15,18,19). The molecule has 0 aliphatic carbocycles. The van der Waals surface area contributed by atoms with E-state index in [2.05, 4.69) is 16.4 Å². The number of aromatic nitrogens is 1. The van der Waals surface area contributed by atoms with Crippen molar-refractivity contribution in [3.8, 4) is 6.07 Å². The number of rotatable bonds is 5. The van der Waals surface area contributed by atoms with E-state index in [9.17, 15) is 8.42 Å². The zero-order valence-corrected chi connectivity index (χ0v) is 11.5. The highest BCUT2D eigenvalue weighted by Crippen LogP contribution is 2.19. The first kappa shape index (κ1) is 14.2. The number of nitrogens with two attached hydrogens (primary N) is 1. The van der Waals surface area contributed by atoms with Crippen molar-refractivity contribution in [2.24, 2.45) is 5.14 Å². The molecule has 2 aromatic rings. The van der Waals surface area contributed by atoms with Crippen molar-refractivity contribution in [3.05, 3.63) is 35.9 Å². The SMILES string of the molecule is N#Cc1cc2ccccc2nc1NCCCS(N)(=O)=O. The lowest BCUT2D eigenvalue weighted by Crippen LogP contribution is -2.19. The van der Waals surface area contributed by atoms with Crippen LogP contribution in [0, 0.1) is 11.3 Å². The lowest BCUT2D eigenvalue weighted by Gasteiger charge is -2.08. The number of para-hydroxylation sites is 1. The Bertz CT molecular complexity index is 766. The van der Waals surface area contributed by atoms with E-state index in [1.165, 1.54) is 0 Å². The van der Waals surface area contributed by atoms with Crippen LogP contribution in [0.3, 0.4) is 0 Å². The lowest BCUT2D eigenvalue weighted by atomic mass is 10.1. The van der Waals surface area contributed by atoms with Crippen LogP contribution in [0.5, 0.6) is 0 Å². The van der Waals surface area contributed by atoms with Gasteiger partial charge in [-0.3, -0.25) is 0 Å². The summed E-state index contributed by atoms with van der Waals surface area (Å²) in [4.78, 5) is 4.37. The lowest BCUT2D eigenvalue weighted by molar-refractivity contribution is 0.595. The maximum atomic E-state index is 10.8. The van der Waals surface area contributed by atoms with E-state index < -0.39 is 10.0 Å². The van der Waals surface area contributed by atoms with Gasteiger partial charge in [-0.05, 0) is 18.6 Å². The number of hydrogen-bond acceptors (Lipinski definition) is 5. The third-order valence-corrected chi connectivity index (χ3v) is 3.60. The molecule has 0 saturated carbocycles. The number of primary sulfonamides is 1. The Balaban J connectivity index is 2.15. The quantitative estimate of drug-likeness (QED) is 0.804. The number of sulfonamides is 1. The Morgan fingerprint density at radius 2 is 2.10 bits per heavy atom. The second kappa shape index (κ2) is 5.86. The van der Waals surface area contributed by atoms with Gasteiger partial charge in [0.1, 0.15) is 11.9 Å². The molecule has 0 spiro atoms. The van der Waals surface area contributed by atoms with E-state index in [0.717, 1.165) is 10.9 Å². The molecule has 0 amide bonds. The summed E-state index contributed by atoms with van der Waals surface area (Å²) in [5.74, 6) is 0.357. The summed E-state index contributed by atoms with van der Waals surface area (Å²) in [6.07, 6.45) is 0.359. The number of pyridine rings is 1. The van der Waals surface area contributed by atoms with E-state index in [4.69, 9.17) is 10.4 Å². The predicted octanol–water partition coefficient (Wildman–Crippen LogP) is 1.20. The predicted molar refractivity (Wildman–Crippen MR) is 77.5 cm³/mol. The third-order valence-electron chi connectivity index (χ3n) is 2.74. The average Bonchev–Trinajstić information content (AvgIpc) is 2.41. The summed E-state index contributed by atoms with van der Waals surface area (Å²) in [6, 6.07) is 11.3. The van der Waals surface area contributed by atoms with Crippen LogP contribution in [0.1, 0.15) is 12.0 Å². The van der Waals surface area contributed by atoms with E-state index in [1.54, 1.807) is 6.07 Å². The van der Waals surface area contributed by atoms with Gasteiger partial charge in [0.2, 0.25) is 10.0 Å². The van der Waals surface area contributed by atoms with Crippen molar-refractivity contribution in [3.63, 3.8) is 0 Å². The molecule has 0 fully saturated rings. The molecule has 0 aliphatic rings. The van der Waals surface area contributed by atoms with Crippen molar-refractivity contribution in [1.29, 1.82) is 5.26 Å². The highest BCUT2D eigenvalue weighted by molar-refractivity contribution is 7.89. The molecule has 0 saturated heterocycles. The van der Waals surface area contributed by atoms with Gasteiger partial charge < -0.3 is 5.32 Å². The molecule has 0 unspecified atom stereocenters. The van der Waals surface area contributed by atoms with E-state index in [0.29, 0.717) is 24.3 Å². The zero-order chi connectivity index (χ0) is 14.6. The van der Waals surface area contributed by atoms with Gasteiger partial charge in [0, 0.05) is 11.9 Å². The molecule has 6 nitrogen and oxygen atoms in total. The minimum atomic E-state index is -3.45. The van der Waals surface area contributed by atoms with Crippen LogP contribution in [-0.4, -0.2) is 25.7 Å². The van der Waals surface area contributed by atoms with Gasteiger partial charge in [-0.25, -0.2) is 18.5 Å². The van der Waals surface area contributed by atoms with Gasteiger partial charge in [0.05, 0.1) is 16.8 Å². The molecule has 1 aromatic heterocycles. The first-order valence-corrected chi connectivity index (χ1v) is 7.75. The fraction of sp³-hybridized carbons (Fsp3) is 0.231. The maximum Gasteiger partial charge on any atom is 0.209 e. The summed E-state index contributed by atoms with van der Waals surface area (Å²) in [7, 11) is -3.45. The Morgan fingerprint density at radius 1 is 1.35 bits per heavy atom. The summed E-state index contributed by atoms with van der Waals surface area (Å²) in [5, 5.41) is 17.9. The molecule has 0 bridgehead atoms. The third kappa shape index (κ3) is 3.66. The molecule has 1 aromatic carbocycles. The van der Waals surface area contributed by atoms with Gasteiger partial charge in [-0.15, -0.1) is 0 Å². The summed E-state index contributed by atoms with van der Waals surface area (Å²) in [5.41, 5.74) is 1.21. The van der Waals surface area contributed by atoms with Crippen molar-refractivity contribution < 1.29 is 8.42 Å². The molecular formula is C13H14N4O2S. The zero-order valence-electron chi connectivity index (χ0n) is 10.7. The number of anilines is 1. The molecule has 3 N–H and O–H groups in total. The molecule has 7 heteroatoms. The Hall–Kier alpha value is -2.17. The highest BCUT2D eigenvalue weighted by atomic mass is 32.2. The average molecular weight is 290 g/mol. The summed E-state index contributed by atoms with van der Waals surface area (Å²) in [6.45, 7) is 0.385. The van der Waals surface area contributed by atoms with Gasteiger partial charge in [-0.2, -0.15) is 5.26 Å². The Labute approximate surface area is 117 Å². The van der Waals surface area contributed by atoms with Crippen molar-refractivity contribution >= 4 is 26.7 Å². The summed E-state index contributed by atoms with van der Waals surface area (Å²) < 4.78 is 21.6. The number of nitrogens with zero attached hydrogens (tertiary/aromatic N) is 2. The Morgan fingerprint density at radius 3 is 2.80 bits per heavy atom. The molecule has 0 radical (unpaired) electrons. The highest BCUT2D eigenvalue weighted by Gasteiger charge is 2.07. The number of nitriles is 1. The topological polar surface area (TPSA) is 109 Å². The van der Waals surface area contributed by atoms with E-state index in [-0.39, 0.29) is 5.75 Å². The largest absolute Gasteiger partial charge is 0.369 e. The van der Waals surface area contributed by atoms with Crippen LogP contribution in [0.25, 0.3) is 10.9 Å². The number of hydrogen-bond donors (Lipinski definition) is 2.